The van der Waals surface area contributed by atoms with Crippen molar-refractivity contribution in [3.8, 4) is 11.5 Å². The molecule has 0 radical (unpaired) electrons. The molecule has 2 heterocycles. The van der Waals surface area contributed by atoms with E-state index in [-0.39, 0.29) is 41.4 Å². The average molecular weight is 760 g/mol. The zero-order valence-electron chi connectivity index (χ0n) is 20.9. The SMILES string of the molecule is COc1ccc([C@H]2C3=CC[C@@H]4C(=O)N(c5ccc(I)cc5)C(=O)[C@@H]4[C@@H]3C[C@@]3(Cl)C(=O)N(CBr)C(=O)[C@@]23Cl)c(O)c1. The zero-order chi connectivity index (χ0) is 28.7. The summed E-state index contributed by atoms with van der Waals surface area (Å²) in [5, 5.41) is 11.1. The van der Waals surface area contributed by atoms with E-state index in [0.717, 1.165) is 8.47 Å². The molecule has 40 heavy (non-hydrogen) atoms. The number of phenolic OH excluding ortho intramolecular Hbond substituents is 1. The number of nitrogens with zero attached hydrogens (tertiary/aromatic N) is 2. The Hall–Kier alpha value is -2.15. The first-order valence-electron chi connectivity index (χ1n) is 12.5. The molecule has 0 aromatic heterocycles. The smallest absolute Gasteiger partial charge is 0.254 e. The van der Waals surface area contributed by atoms with Crippen molar-refractivity contribution in [2.24, 2.45) is 17.8 Å². The highest BCUT2D eigenvalue weighted by Gasteiger charge is 2.76. The number of carbonyl (C=O) groups excluding carboxylic acids is 4. The minimum absolute atomic E-state index is 0.119. The van der Waals surface area contributed by atoms with Crippen molar-refractivity contribution in [1.82, 2.24) is 4.90 Å². The molecule has 0 unspecified atom stereocenters. The van der Waals surface area contributed by atoms with Crippen LogP contribution in [0.15, 0.2) is 54.1 Å². The van der Waals surface area contributed by atoms with Crippen LogP contribution in [0.4, 0.5) is 5.69 Å². The number of fused-ring (bicyclic) bond motifs is 4. The number of phenols is 1. The quantitative estimate of drug-likeness (QED) is 0.156. The number of hydrogen-bond donors (Lipinski definition) is 1. The molecule has 208 valence electrons. The lowest BCUT2D eigenvalue weighted by Crippen LogP contribution is -2.60. The number of rotatable bonds is 4. The van der Waals surface area contributed by atoms with Crippen LogP contribution in [0, 0.1) is 21.3 Å². The number of hydrogen-bond acceptors (Lipinski definition) is 6. The Balaban J connectivity index is 1.52. The highest BCUT2D eigenvalue weighted by atomic mass is 127. The Morgan fingerprint density at radius 3 is 2.38 bits per heavy atom. The minimum atomic E-state index is -1.98. The van der Waals surface area contributed by atoms with E-state index < -0.39 is 45.2 Å². The largest absolute Gasteiger partial charge is 0.508 e. The van der Waals surface area contributed by atoms with E-state index in [2.05, 4.69) is 38.5 Å². The van der Waals surface area contributed by atoms with Gasteiger partial charge in [-0.15, -0.1) is 23.2 Å². The second kappa shape index (κ2) is 9.71. The Morgan fingerprint density at radius 1 is 1.05 bits per heavy atom. The van der Waals surface area contributed by atoms with E-state index in [9.17, 15) is 24.3 Å². The first-order chi connectivity index (χ1) is 19.0. The molecule has 12 heteroatoms. The standard InChI is InChI=1S/C28H22BrCl2IN2O6/c1-40-15-6-7-17(20(35)10-15)22-16-8-9-18-21(24(37)34(23(18)36)14-4-2-13(32)3-5-14)19(16)11-27(30)25(38)33(12-29)26(39)28(22,27)31/h2-8,10,18-19,21-22,35H,9,11-12H2,1H3/t18-,19+,21-,22+,27+,28-/m0/s1. The maximum absolute atomic E-state index is 14.0. The van der Waals surface area contributed by atoms with E-state index in [1.165, 1.54) is 18.1 Å². The number of amides is 4. The highest BCUT2D eigenvalue weighted by molar-refractivity contribution is 14.1. The zero-order valence-corrected chi connectivity index (χ0v) is 26.2. The second-order valence-corrected chi connectivity index (χ2v) is 13.4. The Labute approximate surface area is 261 Å². The molecular weight excluding hydrogens is 738 g/mol. The molecule has 1 N–H and O–H groups in total. The third kappa shape index (κ3) is 3.61. The monoisotopic (exact) mass is 758 g/mol. The number of allylic oxidation sites excluding steroid dienone is 2. The summed E-state index contributed by atoms with van der Waals surface area (Å²) in [6, 6.07) is 11.7. The maximum Gasteiger partial charge on any atom is 0.254 e. The van der Waals surface area contributed by atoms with Gasteiger partial charge in [-0.2, -0.15) is 0 Å². The summed E-state index contributed by atoms with van der Waals surface area (Å²) in [4.78, 5) is 53.3. The van der Waals surface area contributed by atoms with E-state index in [1.807, 2.05) is 18.2 Å². The van der Waals surface area contributed by atoms with Crippen LogP contribution in [0.25, 0.3) is 0 Å². The molecule has 0 spiro atoms. The number of likely N-dealkylation sites (tertiary alicyclic amines) is 1. The van der Waals surface area contributed by atoms with Crippen LogP contribution >= 0.6 is 61.7 Å². The summed E-state index contributed by atoms with van der Waals surface area (Å²) in [5.74, 6) is -5.09. The third-order valence-corrected chi connectivity index (χ3v) is 11.3. The molecule has 1 saturated carbocycles. The van der Waals surface area contributed by atoms with Gasteiger partial charge in [0.15, 0.2) is 9.75 Å². The maximum atomic E-state index is 14.0. The molecule has 2 aromatic carbocycles. The van der Waals surface area contributed by atoms with Crippen molar-refractivity contribution in [3.05, 3.63) is 63.2 Å². The van der Waals surface area contributed by atoms with Gasteiger partial charge >= 0.3 is 0 Å². The van der Waals surface area contributed by atoms with Crippen LogP contribution in [0.1, 0.15) is 24.3 Å². The van der Waals surface area contributed by atoms with Gasteiger partial charge in [-0.1, -0.05) is 33.6 Å². The lowest BCUT2D eigenvalue weighted by Gasteiger charge is -2.50. The van der Waals surface area contributed by atoms with Crippen molar-refractivity contribution >= 4 is 91.0 Å². The Morgan fingerprint density at radius 2 is 1.75 bits per heavy atom. The van der Waals surface area contributed by atoms with Crippen LogP contribution in [-0.2, 0) is 19.2 Å². The van der Waals surface area contributed by atoms with Crippen LogP contribution in [0.2, 0.25) is 0 Å². The summed E-state index contributed by atoms with van der Waals surface area (Å²) in [7, 11) is 1.46. The Kier molecular flexibility index (Phi) is 6.79. The fraction of sp³-hybridized carbons (Fsp3) is 0.357. The number of methoxy groups -OCH3 is 1. The molecule has 2 aliphatic carbocycles. The number of carbonyl (C=O) groups is 4. The fourth-order valence-electron chi connectivity index (χ4n) is 6.84. The molecule has 8 nitrogen and oxygen atoms in total. The molecule has 2 saturated heterocycles. The average Bonchev–Trinajstić information content (AvgIpc) is 3.27. The number of imide groups is 2. The number of alkyl halides is 3. The lowest BCUT2D eigenvalue weighted by molar-refractivity contribution is -0.138. The van der Waals surface area contributed by atoms with Gasteiger partial charge in [0.1, 0.15) is 11.5 Å². The van der Waals surface area contributed by atoms with Gasteiger partial charge in [0.05, 0.1) is 30.1 Å². The Bertz CT molecular complexity index is 1520. The lowest BCUT2D eigenvalue weighted by atomic mass is 9.56. The second-order valence-electron chi connectivity index (χ2n) is 10.4. The van der Waals surface area contributed by atoms with Crippen molar-refractivity contribution in [2.75, 3.05) is 17.5 Å². The van der Waals surface area contributed by atoms with E-state index in [0.29, 0.717) is 17.0 Å². The predicted octanol–water partition coefficient (Wildman–Crippen LogP) is 4.92. The van der Waals surface area contributed by atoms with Crippen LogP contribution < -0.4 is 9.64 Å². The van der Waals surface area contributed by atoms with Gasteiger partial charge in [0.2, 0.25) is 11.8 Å². The van der Waals surface area contributed by atoms with Crippen molar-refractivity contribution < 1.29 is 29.0 Å². The van der Waals surface area contributed by atoms with Gasteiger partial charge in [-0.05, 0) is 71.7 Å². The summed E-state index contributed by atoms with van der Waals surface area (Å²) in [6.45, 7) is 0. The highest BCUT2D eigenvalue weighted by Crippen LogP contribution is 2.66. The minimum Gasteiger partial charge on any atom is -0.508 e. The predicted molar refractivity (Wildman–Crippen MR) is 160 cm³/mol. The topological polar surface area (TPSA) is 104 Å². The van der Waals surface area contributed by atoms with Crippen LogP contribution in [0.3, 0.4) is 0 Å². The number of aromatic hydroxyl groups is 1. The van der Waals surface area contributed by atoms with Gasteiger partial charge in [0.25, 0.3) is 11.8 Å². The summed E-state index contributed by atoms with van der Waals surface area (Å²) >= 11 is 19.7. The van der Waals surface area contributed by atoms with Gasteiger partial charge in [0, 0.05) is 21.1 Å². The van der Waals surface area contributed by atoms with Crippen molar-refractivity contribution in [2.45, 2.75) is 28.5 Å². The third-order valence-electron chi connectivity index (χ3n) is 8.65. The first kappa shape index (κ1) is 28.0. The molecule has 3 fully saturated rings. The summed E-state index contributed by atoms with van der Waals surface area (Å²) < 4.78 is 6.19. The molecular formula is C28H22BrCl2IN2O6. The molecule has 6 atom stereocenters. The van der Waals surface area contributed by atoms with Crippen LogP contribution in [-0.4, -0.2) is 55.9 Å². The molecule has 2 aliphatic heterocycles. The molecule has 0 bridgehead atoms. The van der Waals surface area contributed by atoms with E-state index in [4.69, 9.17) is 27.9 Å². The normalized spacial score (nSPS) is 33.1. The van der Waals surface area contributed by atoms with Gasteiger partial charge in [-0.3, -0.25) is 29.0 Å². The molecule has 6 rings (SSSR count). The molecule has 2 aromatic rings. The number of benzene rings is 2. The van der Waals surface area contributed by atoms with Crippen molar-refractivity contribution in [3.63, 3.8) is 0 Å². The number of halogens is 4. The van der Waals surface area contributed by atoms with Gasteiger partial charge < -0.3 is 9.84 Å². The number of ether oxygens (including phenoxy) is 1. The molecule has 4 aliphatic rings. The van der Waals surface area contributed by atoms with Crippen molar-refractivity contribution in [1.29, 1.82) is 0 Å². The van der Waals surface area contributed by atoms with Crippen LogP contribution in [0.5, 0.6) is 11.5 Å². The van der Waals surface area contributed by atoms with Gasteiger partial charge in [-0.25, -0.2) is 0 Å². The van der Waals surface area contributed by atoms with E-state index >= 15 is 0 Å². The summed E-state index contributed by atoms with van der Waals surface area (Å²) in [6.07, 6.45) is 1.95. The number of anilines is 1. The van der Waals surface area contributed by atoms with E-state index in [1.54, 1.807) is 24.3 Å². The molecule has 4 amide bonds. The summed E-state index contributed by atoms with van der Waals surface area (Å²) in [5.41, 5.74) is 1.23. The fourth-order valence-corrected chi connectivity index (χ4v) is 8.61. The first-order valence-corrected chi connectivity index (χ1v) is 15.5.